The van der Waals surface area contributed by atoms with Gasteiger partial charge >= 0.3 is 0 Å². The van der Waals surface area contributed by atoms with Gasteiger partial charge in [0.25, 0.3) is 10.1 Å². The summed E-state index contributed by atoms with van der Waals surface area (Å²) in [6.45, 7) is 1.08. The lowest BCUT2D eigenvalue weighted by molar-refractivity contribution is 0.0741. The summed E-state index contributed by atoms with van der Waals surface area (Å²) in [4.78, 5) is 9.60. The lowest BCUT2D eigenvalue weighted by Gasteiger charge is -2.17. The molecule has 4 aromatic rings. The molecule has 0 saturated heterocycles. The molecule has 34 heavy (non-hydrogen) atoms. The van der Waals surface area contributed by atoms with Crippen LogP contribution >= 0.6 is 11.3 Å². The number of aliphatic hydroxyl groups excluding tert-OH is 1. The van der Waals surface area contributed by atoms with E-state index in [1.165, 1.54) is 23.5 Å². The van der Waals surface area contributed by atoms with Gasteiger partial charge in [0.1, 0.15) is 24.0 Å². The van der Waals surface area contributed by atoms with Crippen molar-refractivity contribution < 1.29 is 26.9 Å². The van der Waals surface area contributed by atoms with Gasteiger partial charge in [-0.2, -0.15) is 8.42 Å². The lowest BCUT2D eigenvalue weighted by atomic mass is 10.2. The number of thiazole rings is 1. The zero-order valence-electron chi connectivity index (χ0n) is 18.5. The fraction of sp³-hybridized carbons (Fsp3) is 0.217. The highest BCUT2D eigenvalue weighted by Gasteiger charge is 2.19. The number of oxazole rings is 1. The number of aliphatic hydroxyl groups is 1. The highest BCUT2D eigenvalue weighted by atomic mass is 32.2. The highest BCUT2D eigenvalue weighted by molar-refractivity contribution is 7.86. The van der Waals surface area contributed by atoms with E-state index in [0.29, 0.717) is 22.7 Å². The lowest BCUT2D eigenvalue weighted by Crippen LogP contribution is -2.28. The molecular weight excluding hydrogens is 478 g/mol. The Morgan fingerprint density at radius 2 is 2.00 bits per heavy atom. The van der Waals surface area contributed by atoms with Gasteiger partial charge in [-0.25, -0.2) is 9.97 Å². The number of anilines is 1. The van der Waals surface area contributed by atoms with Crippen molar-refractivity contribution in [1.29, 1.82) is 0 Å². The number of aromatic nitrogens is 2. The van der Waals surface area contributed by atoms with Crippen LogP contribution in [0, 0.1) is 6.92 Å². The topological polar surface area (TPSA) is 124 Å². The number of hydrogen-bond acceptors (Lipinski definition) is 10. The van der Waals surface area contributed by atoms with Gasteiger partial charge in [0.05, 0.1) is 11.5 Å². The number of hydrogen-bond donors (Lipinski definition) is 2. The van der Waals surface area contributed by atoms with Crippen molar-refractivity contribution in [2.75, 3.05) is 25.6 Å². The van der Waals surface area contributed by atoms with E-state index in [0.717, 1.165) is 15.6 Å². The molecule has 0 amide bonds. The van der Waals surface area contributed by atoms with Crippen LogP contribution in [0.5, 0.6) is 5.75 Å². The molecule has 2 aromatic carbocycles. The Labute approximate surface area is 200 Å². The van der Waals surface area contributed by atoms with Gasteiger partial charge in [-0.15, -0.1) is 0 Å². The van der Waals surface area contributed by atoms with Crippen molar-refractivity contribution >= 4 is 49.8 Å². The average Bonchev–Trinajstić information content (AvgIpc) is 3.46. The van der Waals surface area contributed by atoms with E-state index in [1.54, 1.807) is 42.6 Å². The predicted octanol–water partition coefficient (Wildman–Crippen LogP) is 3.95. The van der Waals surface area contributed by atoms with E-state index in [9.17, 15) is 13.5 Å². The van der Waals surface area contributed by atoms with Crippen LogP contribution < -0.4 is 10.1 Å². The molecule has 0 aliphatic rings. The SMILES string of the molecule is CNc1ncc(C=Cc2nc3ccc(OC(CO)COS(=O)(=O)c4ccc(C)cc4)cc3o2)s1. The molecule has 2 N–H and O–H groups in total. The summed E-state index contributed by atoms with van der Waals surface area (Å²) >= 11 is 1.50. The van der Waals surface area contributed by atoms with Crippen molar-refractivity contribution in [2.45, 2.75) is 17.9 Å². The van der Waals surface area contributed by atoms with Crippen molar-refractivity contribution in [3.05, 3.63) is 65.0 Å². The molecule has 2 heterocycles. The fourth-order valence-corrected chi connectivity index (χ4v) is 4.56. The molecule has 1 unspecified atom stereocenters. The third-order valence-electron chi connectivity index (χ3n) is 4.73. The Morgan fingerprint density at radius 3 is 2.71 bits per heavy atom. The van der Waals surface area contributed by atoms with Gasteiger partial charge in [-0.05, 0) is 37.3 Å². The minimum atomic E-state index is -3.97. The number of nitrogens with one attached hydrogen (secondary N) is 1. The first kappa shape index (κ1) is 23.9. The number of benzene rings is 2. The van der Waals surface area contributed by atoms with Gasteiger partial charge in [0.2, 0.25) is 5.89 Å². The minimum Gasteiger partial charge on any atom is -0.485 e. The fourth-order valence-electron chi connectivity index (χ4n) is 2.95. The van der Waals surface area contributed by atoms with Crippen molar-refractivity contribution in [2.24, 2.45) is 0 Å². The van der Waals surface area contributed by atoms with E-state index < -0.39 is 22.8 Å². The third kappa shape index (κ3) is 5.81. The summed E-state index contributed by atoms with van der Waals surface area (Å²) in [6.07, 6.45) is 4.45. The molecule has 11 heteroatoms. The van der Waals surface area contributed by atoms with Crippen LogP contribution in [0.25, 0.3) is 23.3 Å². The second kappa shape index (κ2) is 10.3. The maximum absolute atomic E-state index is 12.4. The summed E-state index contributed by atoms with van der Waals surface area (Å²) in [6, 6.07) is 11.3. The summed E-state index contributed by atoms with van der Waals surface area (Å²) in [5, 5.41) is 13.4. The van der Waals surface area contributed by atoms with Crippen LogP contribution in [0.4, 0.5) is 5.13 Å². The first-order valence-corrected chi connectivity index (χ1v) is 12.5. The zero-order chi connectivity index (χ0) is 24.1. The van der Waals surface area contributed by atoms with Gasteiger partial charge in [-0.1, -0.05) is 29.0 Å². The smallest absolute Gasteiger partial charge is 0.297 e. The summed E-state index contributed by atoms with van der Waals surface area (Å²) < 4.78 is 41.3. The highest BCUT2D eigenvalue weighted by Crippen LogP contribution is 2.25. The van der Waals surface area contributed by atoms with E-state index in [-0.39, 0.29) is 11.5 Å². The predicted molar refractivity (Wildman–Crippen MR) is 130 cm³/mol. The molecule has 0 aliphatic carbocycles. The van der Waals surface area contributed by atoms with Crippen LogP contribution in [0.3, 0.4) is 0 Å². The van der Waals surface area contributed by atoms with Crippen LogP contribution in [0.2, 0.25) is 0 Å². The maximum atomic E-state index is 12.4. The molecular formula is C23H23N3O6S2. The largest absolute Gasteiger partial charge is 0.485 e. The third-order valence-corrected chi connectivity index (χ3v) is 7.01. The van der Waals surface area contributed by atoms with Crippen LogP contribution in [0.15, 0.2) is 58.0 Å². The quantitative estimate of drug-likeness (QED) is 0.311. The second-order valence-corrected chi connectivity index (χ2v) is 9.98. The van der Waals surface area contributed by atoms with Crippen LogP contribution in [0.1, 0.15) is 16.3 Å². The molecule has 4 rings (SSSR count). The molecule has 0 bridgehead atoms. The van der Waals surface area contributed by atoms with Gasteiger partial charge in [0, 0.05) is 30.3 Å². The van der Waals surface area contributed by atoms with Crippen molar-refractivity contribution in [3.8, 4) is 5.75 Å². The Hall–Kier alpha value is -3.25. The molecule has 9 nitrogen and oxygen atoms in total. The zero-order valence-corrected chi connectivity index (χ0v) is 20.1. The molecule has 0 saturated carbocycles. The van der Waals surface area contributed by atoms with Gasteiger partial charge in [-0.3, -0.25) is 4.18 Å². The Balaban J connectivity index is 1.41. The standard InChI is InChI=1S/C23H23N3O6S2/c1-15-3-7-19(8-4-15)34(28,29)30-14-17(13-27)31-16-5-9-20-21(11-16)32-22(26-20)10-6-18-12-25-23(24-2)33-18/h3-12,17,27H,13-14H2,1-2H3,(H,24,25). The molecule has 0 spiro atoms. The van der Waals surface area contributed by atoms with E-state index in [2.05, 4.69) is 15.3 Å². The first-order valence-electron chi connectivity index (χ1n) is 10.3. The Bertz CT molecular complexity index is 1390. The number of nitrogens with zero attached hydrogens (tertiary/aromatic N) is 2. The summed E-state index contributed by atoms with van der Waals surface area (Å²) in [7, 11) is -2.16. The molecule has 178 valence electrons. The summed E-state index contributed by atoms with van der Waals surface area (Å²) in [5.74, 6) is 0.800. The Kier molecular flexibility index (Phi) is 7.27. The van der Waals surface area contributed by atoms with E-state index in [1.807, 2.05) is 20.0 Å². The first-order chi connectivity index (χ1) is 16.4. The van der Waals surface area contributed by atoms with Gasteiger partial charge < -0.3 is 19.6 Å². The van der Waals surface area contributed by atoms with E-state index in [4.69, 9.17) is 13.3 Å². The normalized spacial score (nSPS) is 12.9. The molecule has 1 atom stereocenters. The number of fused-ring (bicyclic) bond motifs is 1. The number of aryl methyl sites for hydroxylation is 1. The number of ether oxygens (including phenoxy) is 1. The van der Waals surface area contributed by atoms with Crippen LogP contribution in [-0.4, -0.2) is 49.9 Å². The maximum Gasteiger partial charge on any atom is 0.297 e. The number of rotatable bonds is 10. The summed E-state index contributed by atoms with van der Waals surface area (Å²) in [5.41, 5.74) is 2.05. The average molecular weight is 502 g/mol. The van der Waals surface area contributed by atoms with E-state index >= 15 is 0 Å². The molecule has 0 radical (unpaired) electrons. The molecule has 0 aliphatic heterocycles. The monoisotopic (exact) mass is 501 g/mol. The molecule has 2 aromatic heterocycles. The van der Waals surface area contributed by atoms with Crippen LogP contribution in [-0.2, 0) is 14.3 Å². The minimum absolute atomic E-state index is 0.0407. The second-order valence-electron chi connectivity index (χ2n) is 7.31. The van der Waals surface area contributed by atoms with Crippen molar-refractivity contribution in [1.82, 2.24) is 9.97 Å². The molecule has 0 fully saturated rings. The van der Waals surface area contributed by atoms with Gasteiger partial charge in [0.15, 0.2) is 10.7 Å². The van der Waals surface area contributed by atoms with Crippen molar-refractivity contribution in [3.63, 3.8) is 0 Å². The Morgan fingerprint density at radius 1 is 1.21 bits per heavy atom.